The Bertz CT molecular complexity index is 535. The predicted molar refractivity (Wildman–Crippen MR) is 69.2 cm³/mol. The molecule has 0 aliphatic carbocycles. The summed E-state index contributed by atoms with van der Waals surface area (Å²) < 4.78 is 13.2. The first-order valence-corrected chi connectivity index (χ1v) is 6.24. The molecule has 1 aromatic rings. The maximum absolute atomic E-state index is 13.2. The number of carbonyl (C=O) groups excluding carboxylic acids is 1. The molecule has 1 aromatic carbocycles. The Hall–Kier alpha value is -2.15. The zero-order valence-corrected chi connectivity index (χ0v) is 10.7. The highest BCUT2D eigenvalue weighted by Crippen LogP contribution is 2.17. The van der Waals surface area contributed by atoms with Crippen LogP contribution < -0.4 is 5.32 Å². The lowest BCUT2D eigenvalue weighted by Gasteiger charge is -2.30. The zero-order chi connectivity index (χ0) is 14.7. The van der Waals surface area contributed by atoms with Crippen molar-refractivity contribution in [2.45, 2.75) is 18.9 Å². The third-order valence-electron chi connectivity index (χ3n) is 3.13. The van der Waals surface area contributed by atoms with Crippen molar-refractivity contribution in [3.8, 4) is 0 Å². The number of hydrogen-bond acceptors (Lipinski definition) is 3. The normalized spacial score (nSPS) is 18.7. The molecule has 20 heavy (non-hydrogen) atoms. The lowest BCUT2D eigenvalue weighted by Crippen LogP contribution is -2.44. The van der Waals surface area contributed by atoms with Gasteiger partial charge >= 0.3 is 12.0 Å². The molecule has 108 valence electrons. The van der Waals surface area contributed by atoms with E-state index in [-0.39, 0.29) is 12.2 Å². The zero-order valence-electron chi connectivity index (χ0n) is 10.7. The van der Waals surface area contributed by atoms with Gasteiger partial charge in [0.05, 0.1) is 11.7 Å². The summed E-state index contributed by atoms with van der Waals surface area (Å²) in [6.45, 7) is 0.759. The van der Waals surface area contributed by atoms with E-state index >= 15 is 0 Å². The minimum atomic E-state index is -1.40. The molecule has 0 aromatic heterocycles. The van der Waals surface area contributed by atoms with E-state index in [1.165, 1.54) is 11.0 Å². The van der Waals surface area contributed by atoms with Gasteiger partial charge < -0.3 is 20.4 Å². The Balaban J connectivity index is 2.07. The van der Waals surface area contributed by atoms with Crippen molar-refractivity contribution in [1.82, 2.24) is 4.90 Å². The van der Waals surface area contributed by atoms with E-state index < -0.39 is 29.5 Å². The number of urea groups is 1. The number of aromatic carboxylic acids is 1. The van der Waals surface area contributed by atoms with E-state index in [0.29, 0.717) is 19.4 Å². The number of β-amino-alcohol motifs (C(OH)–C–C–N with tert-alkyl or cyclic N) is 1. The summed E-state index contributed by atoms with van der Waals surface area (Å²) >= 11 is 0. The summed E-state index contributed by atoms with van der Waals surface area (Å²) in [5.74, 6) is -2.25. The van der Waals surface area contributed by atoms with E-state index in [0.717, 1.165) is 12.1 Å². The highest BCUT2D eigenvalue weighted by molar-refractivity contribution is 5.93. The average molecular weight is 282 g/mol. The first-order valence-electron chi connectivity index (χ1n) is 6.24. The van der Waals surface area contributed by atoms with Crippen molar-refractivity contribution in [2.24, 2.45) is 0 Å². The highest BCUT2D eigenvalue weighted by Gasteiger charge is 2.22. The summed E-state index contributed by atoms with van der Waals surface area (Å²) in [6, 6.07) is 2.91. The fourth-order valence-corrected chi connectivity index (χ4v) is 2.11. The quantitative estimate of drug-likeness (QED) is 0.767. The van der Waals surface area contributed by atoms with Crippen LogP contribution in [0.25, 0.3) is 0 Å². The van der Waals surface area contributed by atoms with Crippen LogP contribution in [-0.2, 0) is 0 Å². The fraction of sp³-hybridized carbons (Fsp3) is 0.385. The lowest BCUT2D eigenvalue weighted by molar-refractivity contribution is 0.0692. The summed E-state index contributed by atoms with van der Waals surface area (Å²) in [4.78, 5) is 24.2. The molecule has 0 radical (unpaired) electrons. The molecule has 0 saturated carbocycles. The van der Waals surface area contributed by atoms with E-state index in [9.17, 15) is 19.1 Å². The number of halogens is 1. The molecule has 1 unspecified atom stereocenters. The van der Waals surface area contributed by atoms with Crippen LogP contribution in [0.5, 0.6) is 0 Å². The molecule has 0 spiro atoms. The molecule has 2 rings (SSSR count). The standard InChI is InChI=1S/C13H15FN2O4/c14-11-4-3-8(6-10(11)12(18)19)15-13(20)16-5-1-2-9(17)7-16/h3-4,6,9,17H,1-2,5,7H2,(H,15,20)(H,18,19). The van der Waals surface area contributed by atoms with Crippen molar-refractivity contribution in [1.29, 1.82) is 0 Å². The minimum Gasteiger partial charge on any atom is -0.478 e. The number of nitrogens with one attached hydrogen (secondary N) is 1. The van der Waals surface area contributed by atoms with Crippen LogP contribution in [0, 0.1) is 5.82 Å². The molecule has 1 aliphatic heterocycles. The first-order chi connectivity index (χ1) is 9.47. The van der Waals surface area contributed by atoms with Gasteiger partial charge in [-0.25, -0.2) is 14.0 Å². The van der Waals surface area contributed by atoms with Gasteiger partial charge in [-0.05, 0) is 31.0 Å². The number of aliphatic hydroxyl groups is 1. The molecule has 1 heterocycles. The third-order valence-corrected chi connectivity index (χ3v) is 3.13. The van der Waals surface area contributed by atoms with Gasteiger partial charge in [0.25, 0.3) is 0 Å². The van der Waals surface area contributed by atoms with Gasteiger partial charge in [-0.1, -0.05) is 0 Å². The molecule has 3 N–H and O–H groups in total. The van der Waals surface area contributed by atoms with Gasteiger partial charge in [-0.3, -0.25) is 0 Å². The first kappa shape index (κ1) is 14.3. The van der Waals surface area contributed by atoms with Crippen molar-refractivity contribution < 1.29 is 24.2 Å². The molecular formula is C13H15FN2O4. The molecule has 1 atom stereocenters. The number of rotatable bonds is 2. The van der Waals surface area contributed by atoms with Crippen LogP contribution in [0.4, 0.5) is 14.9 Å². The summed E-state index contributed by atoms with van der Waals surface area (Å²) in [5.41, 5.74) is -0.296. The van der Waals surface area contributed by atoms with Gasteiger partial charge in [0.15, 0.2) is 0 Å². The van der Waals surface area contributed by atoms with Gasteiger partial charge in [0.2, 0.25) is 0 Å². The van der Waals surface area contributed by atoms with E-state index in [1.54, 1.807) is 0 Å². The third kappa shape index (κ3) is 3.24. The van der Waals surface area contributed by atoms with Crippen LogP contribution in [0.3, 0.4) is 0 Å². The largest absolute Gasteiger partial charge is 0.478 e. The second-order valence-corrected chi connectivity index (χ2v) is 4.67. The van der Waals surface area contributed by atoms with Gasteiger partial charge in [0, 0.05) is 18.8 Å². The van der Waals surface area contributed by atoms with Crippen LogP contribution in [-0.4, -0.2) is 46.3 Å². The van der Waals surface area contributed by atoms with Crippen LogP contribution in [0.2, 0.25) is 0 Å². The molecular weight excluding hydrogens is 267 g/mol. The second kappa shape index (κ2) is 5.87. The van der Waals surface area contributed by atoms with E-state index in [4.69, 9.17) is 5.11 Å². The number of amides is 2. The molecule has 7 heteroatoms. The number of anilines is 1. The summed E-state index contributed by atoms with van der Waals surface area (Å²) in [6.07, 6.45) is 0.819. The number of hydrogen-bond donors (Lipinski definition) is 3. The number of carboxylic acid groups (broad SMARTS) is 1. The van der Waals surface area contributed by atoms with E-state index in [1.807, 2.05) is 0 Å². The second-order valence-electron chi connectivity index (χ2n) is 4.67. The fourth-order valence-electron chi connectivity index (χ4n) is 2.11. The van der Waals surface area contributed by atoms with Gasteiger partial charge in [-0.2, -0.15) is 0 Å². The monoisotopic (exact) mass is 282 g/mol. The number of carboxylic acids is 1. The van der Waals surface area contributed by atoms with Crippen LogP contribution in [0.1, 0.15) is 23.2 Å². The van der Waals surface area contributed by atoms with Crippen LogP contribution >= 0.6 is 0 Å². The smallest absolute Gasteiger partial charge is 0.338 e. The predicted octanol–water partition coefficient (Wildman–Crippen LogP) is 1.51. The van der Waals surface area contributed by atoms with E-state index in [2.05, 4.69) is 5.32 Å². The van der Waals surface area contributed by atoms with Gasteiger partial charge in [-0.15, -0.1) is 0 Å². The Morgan fingerprint density at radius 3 is 2.80 bits per heavy atom. The highest BCUT2D eigenvalue weighted by atomic mass is 19.1. The lowest BCUT2D eigenvalue weighted by atomic mass is 10.1. The SMILES string of the molecule is O=C(O)c1cc(NC(=O)N2CCCC(O)C2)ccc1F. The Kier molecular flexibility index (Phi) is 4.19. The Morgan fingerprint density at radius 2 is 2.15 bits per heavy atom. The van der Waals surface area contributed by atoms with Gasteiger partial charge in [0.1, 0.15) is 5.82 Å². The van der Waals surface area contributed by atoms with Crippen LogP contribution in [0.15, 0.2) is 18.2 Å². The molecule has 1 fully saturated rings. The number of benzene rings is 1. The van der Waals surface area contributed by atoms with Crippen molar-refractivity contribution in [3.05, 3.63) is 29.6 Å². The summed E-state index contributed by atoms with van der Waals surface area (Å²) in [5, 5.41) is 20.8. The average Bonchev–Trinajstić information content (AvgIpc) is 2.40. The Labute approximate surface area is 114 Å². The van der Waals surface area contributed by atoms with Crippen molar-refractivity contribution in [3.63, 3.8) is 0 Å². The molecule has 2 amide bonds. The topological polar surface area (TPSA) is 89.9 Å². The Morgan fingerprint density at radius 1 is 1.40 bits per heavy atom. The number of nitrogens with zero attached hydrogens (tertiary/aromatic N) is 1. The molecule has 1 aliphatic rings. The van der Waals surface area contributed by atoms with Crippen molar-refractivity contribution in [2.75, 3.05) is 18.4 Å². The summed E-state index contributed by atoms with van der Waals surface area (Å²) in [7, 11) is 0. The number of piperidine rings is 1. The number of likely N-dealkylation sites (tertiary alicyclic amines) is 1. The number of aliphatic hydroxyl groups excluding tert-OH is 1. The molecule has 0 bridgehead atoms. The molecule has 1 saturated heterocycles. The van der Waals surface area contributed by atoms with Crippen molar-refractivity contribution >= 4 is 17.7 Å². The number of carbonyl (C=O) groups is 2. The maximum atomic E-state index is 13.2. The molecule has 6 nitrogen and oxygen atoms in total. The minimum absolute atomic E-state index is 0.203. The maximum Gasteiger partial charge on any atom is 0.338 e.